The summed E-state index contributed by atoms with van der Waals surface area (Å²) in [4.78, 5) is 9.37. The standard InChI is InChI=1S/C15H30N4O/c1-12(2)10-18-6-4-5-14(18)9-17-15(16)19-7-8-20-13(3)11-19/h12-14H,4-11H2,1-3H3,(H2,16,17)/t13?,14-/m1/s1. The van der Waals surface area contributed by atoms with Gasteiger partial charge in [-0.2, -0.15) is 0 Å². The molecule has 0 saturated carbocycles. The molecule has 2 rings (SSSR count). The number of hydrogen-bond acceptors (Lipinski definition) is 3. The molecule has 0 radical (unpaired) electrons. The predicted octanol–water partition coefficient (Wildman–Crippen LogP) is 1.14. The van der Waals surface area contributed by atoms with Gasteiger partial charge in [-0.1, -0.05) is 13.8 Å². The highest BCUT2D eigenvalue weighted by Crippen LogP contribution is 2.19. The van der Waals surface area contributed by atoms with Gasteiger partial charge in [-0.3, -0.25) is 9.89 Å². The van der Waals surface area contributed by atoms with E-state index in [9.17, 15) is 0 Å². The summed E-state index contributed by atoms with van der Waals surface area (Å²) in [6.45, 7) is 12.3. The van der Waals surface area contributed by atoms with E-state index in [1.54, 1.807) is 0 Å². The first-order valence-electron chi connectivity index (χ1n) is 7.96. The summed E-state index contributed by atoms with van der Waals surface area (Å²) in [7, 11) is 0. The minimum atomic E-state index is 0.251. The Labute approximate surface area is 123 Å². The molecule has 1 unspecified atom stereocenters. The summed E-state index contributed by atoms with van der Waals surface area (Å²) >= 11 is 0. The molecule has 0 bridgehead atoms. The Morgan fingerprint density at radius 3 is 2.90 bits per heavy atom. The first-order valence-corrected chi connectivity index (χ1v) is 7.96. The second-order valence-corrected chi connectivity index (χ2v) is 6.51. The minimum absolute atomic E-state index is 0.251. The molecule has 0 aromatic heterocycles. The molecule has 116 valence electrons. The van der Waals surface area contributed by atoms with Crippen molar-refractivity contribution in [3.8, 4) is 0 Å². The van der Waals surface area contributed by atoms with Gasteiger partial charge in [-0.15, -0.1) is 0 Å². The van der Waals surface area contributed by atoms with Crippen molar-refractivity contribution in [3.63, 3.8) is 0 Å². The number of ether oxygens (including phenoxy) is 1. The van der Waals surface area contributed by atoms with E-state index >= 15 is 0 Å². The molecule has 2 heterocycles. The molecule has 0 aliphatic carbocycles. The molecule has 2 aliphatic rings. The van der Waals surface area contributed by atoms with Crippen LogP contribution in [0.3, 0.4) is 0 Å². The van der Waals surface area contributed by atoms with Crippen LogP contribution in [-0.2, 0) is 4.74 Å². The molecule has 2 atom stereocenters. The van der Waals surface area contributed by atoms with Crippen molar-refractivity contribution in [3.05, 3.63) is 0 Å². The molecule has 0 aromatic carbocycles. The van der Waals surface area contributed by atoms with E-state index in [2.05, 4.69) is 35.6 Å². The zero-order valence-electron chi connectivity index (χ0n) is 13.2. The molecule has 2 saturated heterocycles. The van der Waals surface area contributed by atoms with E-state index in [1.807, 2.05) is 0 Å². The largest absolute Gasteiger partial charge is 0.375 e. The van der Waals surface area contributed by atoms with E-state index in [4.69, 9.17) is 10.5 Å². The van der Waals surface area contributed by atoms with Gasteiger partial charge in [0.1, 0.15) is 0 Å². The highest BCUT2D eigenvalue weighted by Gasteiger charge is 2.25. The van der Waals surface area contributed by atoms with Crippen LogP contribution in [0.2, 0.25) is 0 Å². The normalized spacial score (nSPS) is 29.4. The van der Waals surface area contributed by atoms with Crippen LogP contribution in [0, 0.1) is 5.92 Å². The second-order valence-electron chi connectivity index (χ2n) is 6.51. The van der Waals surface area contributed by atoms with E-state index in [0.29, 0.717) is 12.0 Å². The lowest BCUT2D eigenvalue weighted by atomic mass is 10.2. The van der Waals surface area contributed by atoms with Crippen molar-refractivity contribution in [1.29, 1.82) is 0 Å². The zero-order valence-corrected chi connectivity index (χ0v) is 13.2. The Morgan fingerprint density at radius 2 is 2.20 bits per heavy atom. The second kappa shape index (κ2) is 7.27. The quantitative estimate of drug-likeness (QED) is 0.620. The third-order valence-corrected chi connectivity index (χ3v) is 4.13. The first kappa shape index (κ1) is 15.6. The number of nitrogens with two attached hydrogens (primary N) is 1. The van der Waals surface area contributed by atoms with Crippen LogP contribution in [0.15, 0.2) is 4.99 Å². The van der Waals surface area contributed by atoms with Gasteiger partial charge < -0.3 is 15.4 Å². The van der Waals surface area contributed by atoms with E-state index in [1.165, 1.54) is 25.9 Å². The van der Waals surface area contributed by atoms with Crippen LogP contribution in [0.25, 0.3) is 0 Å². The van der Waals surface area contributed by atoms with Crippen LogP contribution in [0.4, 0.5) is 0 Å². The topological polar surface area (TPSA) is 54.1 Å². The molecular weight excluding hydrogens is 252 g/mol. The number of morpholine rings is 1. The summed E-state index contributed by atoms with van der Waals surface area (Å²) in [5.74, 6) is 1.41. The van der Waals surface area contributed by atoms with E-state index in [0.717, 1.165) is 32.2 Å². The fraction of sp³-hybridized carbons (Fsp3) is 0.933. The highest BCUT2D eigenvalue weighted by atomic mass is 16.5. The molecule has 0 aromatic rings. The lowest BCUT2D eigenvalue weighted by Crippen LogP contribution is -2.48. The van der Waals surface area contributed by atoms with Gasteiger partial charge in [0.2, 0.25) is 0 Å². The fourth-order valence-corrected chi connectivity index (χ4v) is 3.14. The van der Waals surface area contributed by atoms with Gasteiger partial charge in [-0.25, -0.2) is 0 Å². The number of guanidine groups is 1. The van der Waals surface area contributed by atoms with Crippen LogP contribution >= 0.6 is 0 Å². The smallest absolute Gasteiger partial charge is 0.191 e. The van der Waals surface area contributed by atoms with Crippen molar-refractivity contribution in [1.82, 2.24) is 9.80 Å². The summed E-state index contributed by atoms with van der Waals surface area (Å²) < 4.78 is 5.54. The van der Waals surface area contributed by atoms with Crippen LogP contribution < -0.4 is 5.73 Å². The molecular formula is C15H30N4O. The third-order valence-electron chi connectivity index (χ3n) is 4.13. The van der Waals surface area contributed by atoms with Crippen molar-refractivity contribution in [2.45, 2.75) is 45.8 Å². The number of nitrogens with zero attached hydrogens (tertiary/aromatic N) is 3. The first-order chi connectivity index (χ1) is 9.56. The average Bonchev–Trinajstić information content (AvgIpc) is 2.82. The van der Waals surface area contributed by atoms with Crippen molar-refractivity contribution < 1.29 is 4.74 Å². The van der Waals surface area contributed by atoms with Gasteiger partial charge in [0.25, 0.3) is 0 Å². The van der Waals surface area contributed by atoms with E-state index in [-0.39, 0.29) is 6.10 Å². The molecule has 2 N–H and O–H groups in total. The maximum Gasteiger partial charge on any atom is 0.191 e. The Kier molecular flexibility index (Phi) is 5.66. The summed E-state index contributed by atoms with van der Waals surface area (Å²) in [5, 5.41) is 0. The lowest BCUT2D eigenvalue weighted by molar-refractivity contribution is 0.00526. The van der Waals surface area contributed by atoms with Gasteiger partial charge in [0.15, 0.2) is 5.96 Å². The maximum absolute atomic E-state index is 6.14. The molecule has 5 heteroatoms. The van der Waals surface area contributed by atoms with Gasteiger partial charge in [0.05, 0.1) is 19.3 Å². The Hall–Kier alpha value is -0.810. The van der Waals surface area contributed by atoms with Crippen molar-refractivity contribution in [2.75, 3.05) is 39.3 Å². The number of aliphatic imine (C=N–C) groups is 1. The molecule has 5 nitrogen and oxygen atoms in total. The monoisotopic (exact) mass is 282 g/mol. The lowest BCUT2D eigenvalue weighted by Gasteiger charge is -2.32. The molecule has 2 fully saturated rings. The highest BCUT2D eigenvalue weighted by molar-refractivity contribution is 5.78. The summed E-state index contributed by atoms with van der Waals surface area (Å²) in [5.41, 5.74) is 6.14. The zero-order chi connectivity index (χ0) is 14.5. The van der Waals surface area contributed by atoms with E-state index < -0.39 is 0 Å². The Morgan fingerprint density at radius 1 is 1.40 bits per heavy atom. The molecule has 20 heavy (non-hydrogen) atoms. The van der Waals surface area contributed by atoms with Crippen LogP contribution in [0.5, 0.6) is 0 Å². The number of rotatable bonds is 4. The number of hydrogen-bond donors (Lipinski definition) is 1. The predicted molar refractivity (Wildman–Crippen MR) is 82.9 cm³/mol. The van der Waals surface area contributed by atoms with Crippen molar-refractivity contribution in [2.24, 2.45) is 16.6 Å². The fourth-order valence-electron chi connectivity index (χ4n) is 3.14. The summed E-state index contributed by atoms with van der Waals surface area (Å²) in [6.07, 6.45) is 2.80. The molecule has 0 amide bonds. The molecule has 0 spiro atoms. The SMILES string of the molecule is CC(C)CN1CCC[C@@H]1CN=C(N)N1CCOC(C)C1. The Bertz CT molecular complexity index is 332. The third kappa shape index (κ3) is 4.35. The number of likely N-dealkylation sites (tertiary alicyclic amines) is 1. The van der Waals surface area contributed by atoms with Crippen LogP contribution in [-0.4, -0.2) is 67.2 Å². The van der Waals surface area contributed by atoms with Crippen LogP contribution in [0.1, 0.15) is 33.6 Å². The summed E-state index contributed by atoms with van der Waals surface area (Å²) in [6, 6.07) is 0.578. The Balaban J connectivity index is 1.84. The van der Waals surface area contributed by atoms with Gasteiger partial charge in [-0.05, 0) is 32.2 Å². The molecule has 2 aliphatic heterocycles. The average molecular weight is 282 g/mol. The van der Waals surface area contributed by atoms with Gasteiger partial charge >= 0.3 is 0 Å². The van der Waals surface area contributed by atoms with Crippen molar-refractivity contribution >= 4 is 5.96 Å². The van der Waals surface area contributed by atoms with Gasteiger partial charge in [0, 0.05) is 25.7 Å². The maximum atomic E-state index is 6.14. The minimum Gasteiger partial charge on any atom is -0.375 e.